The van der Waals surface area contributed by atoms with Gasteiger partial charge in [0.1, 0.15) is 10.6 Å². The monoisotopic (exact) mass is 652 g/mol. The van der Waals surface area contributed by atoms with Gasteiger partial charge < -0.3 is 9.80 Å². The second kappa shape index (κ2) is 10.7. The number of amides is 2. The van der Waals surface area contributed by atoms with Gasteiger partial charge in [-0.3, -0.25) is 9.59 Å². The Hall–Kier alpha value is -3.23. The highest BCUT2D eigenvalue weighted by Gasteiger charge is 2.74. The van der Waals surface area contributed by atoms with Crippen molar-refractivity contribution in [1.82, 2.24) is 9.80 Å². The van der Waals surface area contributed by atoms with Crippen LogP contribution in [0, 0.1) is 17.7 Å². The normalized spacial score (nSPS) is 24.6. The lowest BCUT2D eigenvalue weighted by Crippen LogP contribution is -2.53. The minimum absolute atomic E-state index is 0.0379. The SMILES string of the molecule is CC(=O)N1CCN(C(=O)[C@@H]2CC[C@]3(S(=O)(=O)c4ccc(F)cc4)c4ccc(C(F)(C(F)(F)F)C(F)(F)F)cc4CC[C@H]23)CC1. The number of sulfone groups is 1. The van der Waals surface area contributed by atoms with Crippen molar-refractivity contribution in [3.63, 3.8) is 0 Å². The number of piperazine rings is 1. The lowest BCUT2D eigenvalue weighted by atomic mass is 9.72. The zero-order chi connectivity index (χ0) is 32.5. The summed E-state index contributed by atoms with van der Waals surface area (Å²) in [6.45, 7) is 2.34. The first-order valence-corrected chi connectivity index (χ1v) is 15.4. The topological polar surface area (TPSA) is 74.8 Å². The summed E-state index contributed by atoms with van der Waals surface area (Å²) in [5.74, 6) is -3.08. The minimum atomic E-state index is -6.36. The van der Waals surface area contributed by atoms with Gasteiger partial charge in [0, 0.05) is 44.6 Å². The van der Waals surface area contributed by atoms with Gasteiger partial charge in [0.2, 0.25) is 11.8 Å². The number of hydrogen-bond donors (Lipinski definition) is 0. The van der Waals surface area contributed by atoms with E-state index in [1.54, 1.807) is 4.90 Å². The number of carbonyl (C=O) groups is 2. The van der Waals surface area contributed by atoms with Gasteiger partial charge in [-0.1, -0.05) is 18.2 Å². The smallest absolute Gasteiger partial charge is 0.339 e. The van der Waals surface area contributed by atoms with Gasteiger partial charge in [-0.15, -0.1) is 0 Å². The highest BCUT2D eigenvalue weighted by Crippen LogP contribution is 2.61. The van der Waals surface area contributed by atoms with Crippen LogP contribution >= 0.6 is 0 Å². The van der Waals surface area contributed by atoms with E-state index in [0.29, 0.717) is 12.1 Å². The lowest BCUT2D eigenvalue weighted by molar-refractivity contribution is -0.348. The van der Waals surface area contributed by atoms with E-state index in [4.69, 9.17) is 0 Å². The average molecular weight is 653 g/mol. The zero-order valence-corrected chi connectivity index (χ0v) is 24.1. The number of hydrogen-bond acceptors (Lipinski definition) is 4. The third-order valence-corrected chi connectivity index (χ3v) is 11.9. The first-order valence-electron chi connectivity index (χ1n) is 13.9. The lowest BCUT2D eigenvalue weighted by Gasteiger charge is -2.43. The number of alkyl halides is 7. The number of carbonyl (C=O) groups excluding carboxylic acids is 2. The molecule has 1 saturated carbocycles. The van der Waals surface area contributed by atoms with Crippen LogP contribution in [0.3, 0.4) is 0 Å². The summed E-state index contributed by atoms with van der Waals surface area (Å²) in [6, 6.07) is 5.35. The molecule has 2 fully saturated rings. The number of halogens is 8. The first kappa shape index (κ1) is 32.2. The molecule has 44 heavy (non-hydrogen) atoms. The van der Waals surface area contributed by atoms with Crippen molar-refractivity contribution in [3.05, 3.63) is 65.0 Å². The third-order valence-electron chi connectivity index (χ3n) is 9.33. The summed E-state index contributed by atoms with van der Waals surface area (Å²) >= 11 is 0. The van der Waals surface area contributed by atoms with Crippen molar-refractivity contribution in [2.24, 2.45) is 11.8 Å². The number of rotatable bonds is 4. The van der Waals surface area contributed by atoms with Crippen molar-refractivity contribution in [1.29, 1.82) is 0 Å². The molecular formula is C29H28F8N2O4S. The average Bonchev–Trinajstić information content (AvgIpc) is 3.37. The Kier molecular flexibility index (Phi) is 7.82. The van der Waals surface area contributed by atoms with Crippen LogP contribution in [0.1, 0.15) is 42.9 Å². The fourth-order valence-electron chi connectivity index (χ4n) is 7.15. The molecule has 2 amide bonds. The van der Waals surface area contributed by atoms with E-state index in [0.717, 1.165) is 30.3 Å². The van der Waals surface area contributed by atoms with Crippen molar-refractivity contribution < 1.29 is 53.1 Å². The number of nitrogens with zero attached hydrogens (tertiary/aromatic N) is 2. The maximum atomic E-state index is 15.0. The molecular weight excluding hydrogens is 624 g/mol. The Morgan fingerprint density at radius 1 is 0.841 bits per heavy atom. The summed E-state index contributed by atoms with van der Waals surface area (Å²) < 4.78 is 137. The predicted octanol–water partition coefficient (Wildman–Crippen LogP) is 5.45. The van der Waals surface area contributed by atoms with Crippen LogP contribution < -0.4 is 0 Å². The molecule has 3 atom stereocenters. The largest absolute Gasteiger partial charge is 0.435 e. The summed E-state index contributed by atoms with van der Waals surface area (Å²) in [6.07, 6.45) is -13.2. The van der Waals surface area contributed by atoms with Crippen LogP contribution in [0.25, 0.3) is 0 Å². The van der Waals surface area contributed by atoms with Crippen molar-refractivity contribution in [3.8, 4) is 0 Å². The Morgan fingerprint density at radius 2 is 1.41 bits per heavy atom. The Labute approximate surface area is 247 Å². The molecule has 0 radical (unpaired) electrons. The molecule has 240 valence electrons. The van der Waals surface area contributed by atoms with Crippen LogP contribution in [0.2, 0.25) is 0 Å². The van der Waals surface area contributed by atoms with E-state index in [1.807, 2.05) is 0 Å². The van der Waals surface area contributed by atoms with E-state index >= 15 is 0 Å². The molecule has 6 nitrogen and oxygen atoms in total. The van der Waals surface area contributed by atoms with Gasteiger partial charge in [-0.05, 0) is 67.0 Å². The molecule has 2 aliphatic carbocycles. The fourth-order valence-corrected chi connectivity index (χ4v) is 9.62. The van der Waals surface area contributed by atoms with E-state index in [2.05, 4.69) is 0 Å². The highest BCUT2D eigenvalue weighted by molar-refractivity contribution is 7.92. The van der Waals surface area contributed by atoms with Crippen molar-refractivity contribution >= 4 is 21.7 Å². The molecule has 3 aliphatic rings. The summed E-state index contributed by atoms with van der Waals surface area (Å²) in [4.78, 5) is 28.2. The zero-order valence-electron chi connectivity index (χ0n) is 23.3. The Bertz CT molecular complexity index is 1550. The molecule has 0 aromatic heterocycles. The summed E-state index contributed by atoms with van der Waals surface area (Å²) in [5, 5.41) is 0. The molecule has 0 N–H and O–H groups in total. The molecule has 2 aromatic carbocycles. The first-order chi connectivity index (χ1) is 20.4. The fraction of sp³-hybridized carbons (Fsp3) is 0.517. The van der Waals surface area contributed by atoms with E-state index in [-0.39, 0.29) is 79.7 Å². The van der Waals surface area contributed by atoms with Crippen LogP contribution in [0.4, 0.5) is 35.1 Å². The number of benzene rings is 2. The van der Waals surface area contributed by atoms with Gasteiger partial charge in [-0.2, -0.15) is 26.3 Å². The van der Waals surface area contributed by atoms with Crippen LogP contribution in [-0.4, -0.2) is 68.6 Å². The predicted molar refractivity (Wildman–Crippen MR) is 140 cm³/mol. The highest BCUT2D eigenvalue weighted by atomic mass is 32.2. The third kappa shape index (κ3) is 4.76. The Morgan fingerprint density at radius 3 is 1.95 bits per heavy atom. The molecule has 1 aliphatic heterocycles. The molecule has 0 bridgehead atoms. The van der Waals surface area contributed by atoms with E-state index in [9.17, 15) is 53.1 Å². The second-order valence-corrected chi connectivity index (χ2v) is 13.7. The Balaban J connectivity index is 1.62. The summed E-state index contributed by atoms with van der Waals surface area (Å²) in [5.41, 5.74) is -7.74. The molecule has 1 heterocycles. The van der Waals surface area contributed by atoms with Gasteiger partial charge >= 0.3 is 18.0 Å². The van der Waals surface area contributed by atoms with Crippen LogP contribution in [-0.2, 0) is 36.3 Å². The van der Waals surface area contributed by atoms with Gasteiger partial charge in [0.15, 0.2) is 9.84 Å². The summed E-state index contributed by atoms with van der Waals surface area (Å²) in [7, 11) is -4.54. The maximum Gasteiger partial charge on any atom is 0.435 e. The van der Waals surface area contributed by atoms with E-state index in [1.165, 1.54) is 11.8 Å². The number of fused-ring (bicyclic) bond motifs is 3. The number of aryl methyl sites for hydroxylation is 1. The molecule has 0 spiro atoms. The maximum absolute atomic E-state index is 15.0. The standard InChI is InChI=1S/C29H28F8N2O4S/c1-17(40)38-12-14-39(15-13-38)25(41)22-10-11-26(44(42,43)21-6-4-20(30)5-7-21)23-9-3-19(16-18(23)2-8-24(22)26)27(31,28(32,33)34)29(35,36)37/h3-7,9,16,22,24H,2,8,10-15H2,1H3/t22-,24-,26+/m1/s1. The minimum Gasteiger partial charge on any atom is -0.339 e. The van der Waals surface area contributed by atoms with Crippen molar-refractivity contribution in [2.45, 2.75) is 60.3 Å². The molecule has 0 unspecified atom stereocenters. The molecule has 5 rings (SSSR count). The van der Waals surface area contributed by atoms with Gasteiger partial charge in [0.05, 0.1) is 4.90 Å². The van der Waals surface area contributed by atoms with Gasteiger partial charge in [0.25, 0.3) is 0 Å². The second-order valence-electron chi connectivity index (χ2n) is 11.5. The van der Waals surface area contributed by atoms with Gasteiger partial charge in [-0.25, -0.2) is 17.2 Å². The van der Waals surface area contributed by atoms with E-state index < -0.39 is 55.8 Å². The molecule has 2 aromatic rings. The molecule has 1 saturated heterocycles. The van der Waals surface area contributed by atoms with Crippen LogP contribution in [0.5, 0.6) is 0 Å². The quantitative estimate of drug-likeness (QED) is 0.326. The van der Waals surface area contributed by atoms with Crippen LogP contribution in [0.15, 0.2) is 47.4 Å². The van der Waals surface area contributed by atoms with Crippen molar-refractivity contribution in [2.75, 3.05) is 26.2 Å². The molecule has 15 heteroatoms.